The fourth-order valence-electron chi connectivity index (χ4n) is 5.62. The average molecular weight is 440 g/mol. The summed E-state index contributed by atoms with van der Waals surface area (Å²) < 4.78 is 0. The molecule has 1 N–H and O–H groups in total. The van der Waals surface area contributed by atoms with Crippen molar-refractivity contribution in [1.29, 1.82) is 0 Å². The van der Waals surface area contributed by atoms with Crippen LogP contribution in [-0.2, 0) is 17.9 Å². The topological polar surface area (TPSA) is 62.3 Å². The lowest BCUT2D eigenvalue weighted by Crippen LogP contribution is -2.62. The van der Waals surface area contributed by atoms with Crippen LogP contribution in [0.25, 0.3) is 0 Å². The van der Waals surface area contributed by atoms with Crippen LogP contribution in [0, 0.1) is 0 Å². The van der Waals surface area contributed by atoms with Crippen molar-refractivity contribution < 1.29 is 9.59 Å². The first kappa shape index (κ1) is 21.4. The van der Waals surface area contributed by atoms with Gasteiger partial charge in [-0.3, -0.25) is 14.6 Å². The summed E-state index contributed by atoms with van der Waals surface area (Å²) in [4.78, 5) is 34.0. The van der Waals surface area contributed by atoms with Crippen molar-refractivity contribution in [3.8, 4) is 0 Å². The van der Waals surface area contributed by atoms with E-state index in [1.165, 1.54) is 0 Å². The van der Waals surface area contributed by atoms with Crippen LogP contribution < -0.4 is 5.32 Å². The number of amides is 2. The van der Waals surface area contributed by atoms with Crippen LogP contribution in [0.5, 0.6) is 0 Å². The highest BCUT2D eigenvalue weighted by Crippen LogP contribution is 2.49. The van der Waals surface area contributed by atoms with Crippen molar-refractivity contribution >= 4 is 11.8 Å². The molecule has 3 aromatic rings. The Bertz CT molecular complexity index is 1120. The molecule has 5 nitrogen and oxygen atoms in total. The summed E-state index contributed by atoms with van der Waals surface area (Å²) >= 11 is 0. The van der Waals surface area contributed by atoms with E-state index in [1.54, 1.807) is 6.20 Å². The molecule has 1 spiro atoms. The van der Waals surface area contributed by atoms with E-state index in [2.05, 4.69) is 22.4 Å². The predicted octanol–water partition coefficient (Wildman–Crippen LogP) is 4.84. The van der Waals surface area contributed by atoms with Gasteiger partial charge in [-0.05, 0) is 42.2 Å². The zero-order chi connectivity index (χ0) is 22.7. The second-order valence-electron chi connectivity index (χ2n) is 9.10. The molecule has 1 aromatic heterocycles. The van der Waals surface area contributed by atoms with E-state index >= 15 is 0 Å². The number of pyridine rings is 1. The number of fused-ring (bicyclic) bond motifs is 1. The Morgan fingerprint density at radius 3 is 2.42 bits per heavy atom. The Kier molecular flexibility index (Phi) is 5.95. The predicted molar refractivity (Wildman–Crippen MR) is 127 cm³/mol. The van der Waals surface area contributed by atoms with Gasteiger partial charge in [0.2, 0.25) is 5.91 Å². The molecule has 5 heteroatoms. The zero-order valence-electron chi connectivity index (χ0n) is 18.7. The third-order valence-corrected chi connectivity index (χ3v) is 7.16. The van der Waals surface area contributed by atoms with E-state index in [1.807, 2.05) is 65.6 Å². The molecular formula is C28H29N3O2. The average Bonchev–Trinajstić information content (AvgIpc) is 2.87. The summed E-state index contributed by atoms with van der Waals surface area (Å²) in [6, 6.07) is 23.5. The lowest BCUT2D eigenvalue weighted by molar-refractivity contribution is -0.127. The first-order chi connectivity index (χ1) is 16.2. The molecule has 1 atom stereocenters. The number of rotatable bonds is 5. The van der Waals surface area contributed by atoms with Gasteiger partial charge in [0, 0.05) is 18.3 Å². The van der Waals surface area contributed by atoms with Crippen molar-refractivity contribution in [3.63, 3.8) is 0 Å². The van der Waals surface area contributed by atoms with E-state index < -0.39 is 11.5 Å². The molecule has 0 bridgehead atoms. The number of nitrogens with zero attached hydrogens (tertiary/aromatic N) is 2. The molecule has 33 heavy (non-hydrogen) atoms. The summed E-state index contributed by atoms with van der Waals surface area (Å²) in [5.74, 6) is -0.398. The first-order valence-electron chi connectivity index (χ1n) is 11.8. The van der Waals surface area contributed by atoms with Gasteiger partial charge >= 0.3 is 0 Å². The molecule has 2 aliphatic rings. The van der Waals surface area contributed by atoms with Gasteiger partial charge in [0.05, 0.1) is 23.7 Å². The second kappa shape index (κ2) is 9.18. The lowest BCUT2D eigenvalue weighted by Gasteiger charge is -2.53. The Hall–Kier alpha value is -3.47. The molecule has 1 aliphatic heterocycles. The fraction of sp³-hybridized carbons (Fsp3) is 0.321. The molecule has 0 saturated heterocycles. The van der Waals surface area contributed by atoms with Crippen molar-refractivity contribution in [2.24, 2.45) is 0 Å². The van der Waals surface area contributed by atoms with E-state index in [0.717, 1.165) is 48.9 Å². The van der Waals surface area contributed by atoms with Crippen LogP contribution >= 0.6 is 0 Å². The van der Waals surface area contributed by atoms with Crippen LogP contribution in [0.15, 0.2) is 79.0 Å². The van der Waals surface area contributed by atoms with Crippen LogP contribution in [0.2, 0.25) is 0 Å². The zero-order valence-corrected chi connectivity index (χ0v) is 18.7. The lowest BCUT2D eigenvalue weighted by atomic mass is 9.65. The third kappa shape index (κ3) is 4.04. The second-order valence-corrected chi connectivity index (χ2v) is 9.10. The number of hydrogen-bond acceptors (Lipinski definition) is 3. The highest BCUT2D eigenvalue weighted by molar-refractivity contribution is 6.02. The van der Waals surface area contributed by atoms with Crippen LogP contribution in [0.4, 0.5) is 0 Å². The van der Waals surface area contributed by atoms with Crippen LogP contribution in [0.1, 0.15) is 65.2 Å². The largest absolute Gasteiger partial charge is 0.350 e. The van der Waals surface area contributed by atoms with Crippen LogP contribution in [0.3, 0.4) is 0 Å². The highest BCUT2D eigenvalue weighted by Gasteiger charge is 2.54. The van der Waals surface area contributed by atoms with Crippen molar-refractivity contribution in [2.75, 3.05) is 0 Å². The summed E-state index contributed by atoms with van der Waals surface area (Å²) in [7, 11) is 0. The Morgan fingerprint density at radius 1 is 0.939 bits per heavy atom. The van der Waals surface area contributed by atoms with Gasteiger partial charge in [-0.2, -0.15) is 0 Å². The maximum Gasteiger partial charge on any atom is 0.254 e. The molecule has 2 aromatic carbocycles. The number of carbonyl (C=O) groups is 2. The van der Waals surface area contributed by atoms with E-state index in [-0.39, 0.29) is 11.8 Å². The van der Waals surface area contributed by atoms with Gasteiger partial charge < -0.3 is 10.2 Å². The Balaban J connectivity index is 1.56. The molecule has 5 rings (SSSR count). The molecule has 0 unspecified atom stereocenters. The fourth-order valence-corrected chi connectivity index (χ4v) is 5.62. The molecule has 1 aliphatic carbocycles. The standard InChI is InChI=1S/C28H29N3O2/c32-26(30-19-22-13-7-10-18-29-22)25-23-14-5-6-15-24(23)27(33)31(20-21-11-3-1-4-12-21)28(25)16-8-2-9-17-28/h1,3-7,10-15,18,25H,2,8-9,16-17,19-20H2,(H,30,32)/t25-/m0/s1. The Labute approximate surface area is 194 Å². The number of carbonyl (C=O) groups excluding carboxylic acids is 2. The van der Waals surface area contributed by atoms with Gasteiger partial charge in [0.15, 0.2) is 0 Å². The summed E-state index contributed by atoms with van der Waals surface area (Å²) in [6.45, 7) is 0.888. The molecule has 1 fully saturated rings. The van der Waals surface area contributed by atoms with E-state index in [9.17, 15) is 9.59 Å². The molecule has 1 saturated carbocycles. The minimum absolute atomic E-state index is 0.0273. The van der Waals surface area contributed by atoms with Gasteiger partial charge in [-0.25, -0.2) is 0 Å². The number of aromatic nitrogens is 1. The van der Waals surface area contributed by atoms with Gasteiger partial charge in [0.25, 0.3) is 5.91 Å². The molecule has 2 heterocycles. The van der Waals surface area contributed by atoms with Crippen molar-refractivity contribution in [3.05, 3.63) is 101 Å². The number of nitrogens with one attached hydrogen (secondary N) is 1. The summed E-state index contributed by atoms with van der Waals surface area (Å²) in [5.41, 5.74) is 2.89. The maximum atomic E-state index is 13.8. The molecular weight excluding hydrogens is 410 g/mol. The third-order valence-electron chi connectivity index (χ3n) is 7.16. The minimum atomic E-state index is -0.520. The Morgan fingerprint density at radius 2 is 1.67 bits per heavy atom. The minimum Gasteiger partial charge on any atom is -0.350 e. The van der Waals surface area contributed by atoms with Crippen LogP contribution in [-0.4, -0.2) is 27.2 Å². The number of benzene rings is 2. The first-order valence-corrected chi connectivity index (χ1v) is 11.8. The smallest absolute Gasteiger partial charge is 0.254 e. The maximum absolute atomic E-state index is 13.8. The van der Waals surface area contributed by atoms with Gasteiger partial charge in [-0.15, -0.1) is 0 Å². The molecule has 168 valence electrons. The van der Waals surface area contributed by atoms with Gasteiger partial charge in [-0.1, -0.05) is 73.9 Å². The molecule has 2 amide bonds. The summed E-state index contributed by atoms with van der Waals surface area (Å²) in [5, 5.41) is 3.14. The van der Waals surface area contributed by atoms with Crippen molar-refractivity contribution in [2.45, 2.75) is 56.7 Å². The summed E-state index contributed by atoms with van der Waals surface area (Å²) in [6.07, 6.45) is 6.58. The van der Waals surface area contributed by atoms with E-state index in [4.69, 9.17) is 0 Å². The quantitative estimate of drug-likeness (QED) is 0.619. The monoisotopic (exact) mass is 439 g/mol. The van der Waals surface area contributed by atoms with Crippen molar-refractivity contribution in [1.82, 2.24) is 15.2 Å². The van der Waals surface area contributed by atoms with Gasteiger partial charge in [0.1, 0.15) is 0 Å². The van der Waals surface area contributed by atoms with E-state index in [0.29, 0.717) is 18.7 Å². The highest BCUT2D eigenvalue weighted by atomic mass is 16.2. The molecule has 0 radical (unpaired) electrons. The SMILES string of the molecule is O=C(NCc1ccccn1)[C@@H]1c2ccccc2C(=O)N(Cc2ccccc2)C12CCCCC2. The normalized spacial score (nSPS) is 19.2. The number of hydrogen-bond donors (Lipinski definition) is 1.